The van der Waals surface area contributed by atoms with Gasteiger partial charge in [-0.15, -0.1) is 0 Å². The van der Waals surface area contributed by atoms with E-state index >= 15 is 0 Å². The summed E-state index contributed by atoms with van der Waals surface area (Å²) in [5.74, 6) is 3.88. The van der Waals surface area contributed by atoms with Gasteiger partial charge in [0.1, 0.15) is 0 Å². The first-order valence-corrected chi connectivity index (χ1v) is 9.35. The van der Waals surface area contributed by atoms with Crippen LogP contribution in [0.4, 0.5) is 0 Å². The number of amides is 1. The molecule has 0 spiro atoms. The summed E-state index contributed by atoms with van der Waals surface area (Å²) in [7, 11) is 0. The smallest absolute Gasteiger partial charge is 0.222 e. The minimum absolute atomic E-state index is 0.354. The number of aromatic nitrogens is 2. The quantitative estimate of drug-likeness (QED) is 0.835. The summed E-state index contributed by atoms with van der Waals surface area (Å²) in [4.78, 5) is 19.0. The van der Waals surface area contributed by atoms with Crippen molar-refractivity contribution in [3.05, 3.63) is 12.2 Å². The molecule has 5 heteroatoms. The molecule has 0 radical (unpaired) electrons. The average Bonchev–Trinajstić information content (AvgIpc) is 2.98. The fourth-order valence-electron chi connectivity index (χ4n) is 4.53. The molecule has 4 rings (SSSR count). The predicted molar refractivity (Wildman–Crippen MR) is 85.6 cm³/mol. The number of likely N-dealkylation sites (tertiary alicyclic amines) is 1. The number of piperidine rings is 1. The lowest BCUT2D eigenvalue weighted by atomic mass is 9.63. The van der Waals surface area contributed by atoms with Gasteiger partial charge in [0.25, 0.3) is 0 Å². The fraction of sp³-hybridized carbons (Fsp3) is 0.833. The lowest BCUT2D eigenvalue weighted by molar-refractivity contribution is -0.135. The minimum Gasteiger partial charge on any atom is -0.343 e. The number of nitrogens with zero attached hydrogens (tertiary/aromatic N) is 3. The number of carbonyl (C=O) groups is 1. The zero-order chi connectivity index (χ0) is 15.6. The molecule has 1 amide bonds. The lowest BCUT2D eigenvalue weighted by Gasteiger charge is -2.43. The van der Waals surface area contributed by atoms with E-state index in [1.54, 1.807) is 0 Å². The molecule has 126 valence electrons. The van der Waals surface area contributed by atoms with Crippen molar-refractivity contribution in [3.8, 4) is 0 Å². The highest BCUT2D eigenvalue weighted by molar-refractivity contribution is 5.76. The fourth-order valence-corrected chi connectivity index (χ4v) is 4.53. The lowest BCUT2D eigenvalue weighted by Crippen LogP contribution is -2.42. The molecule has 5 nitrogen and oxygen atoms in total. The minimum atomic E-state index is 0.354. The highest BCUT2D eigenvalue weighted by Gasteiger charge is 2.38. The molecule has 0 N–H and O–H groups in total. The zero-order valence-electron chi connectivity index (χ0n) is 13.8. The largest absolute Gasteiger partial charge is 0.343 e. The molecule has 23 heavy (non-hydrogen) atoms. The third-order valence-corrected chi connectivity index (χ3v) is 6.51. The van der Waals surface area contributed by atoms with Crippen LogP contribution in [0, 0.1) is 17.8 Å². The van der Waals surface area contributed by atoms with E-state index in [0.29, 0.717) is 17.7 Å². The van der Waals surface area contributed by atoms with Crippen molar-refractivity contribution in [3.63, 3.8) is 0 Å². The summed E-state index contributed by atoms with van der Waals surface area (Å²) < 4.78 is 4.84. The Morgan fingerprint density at radius 2 is 1.78 bits per heavy atom. The molecule has 0 atom stereocenters. The Bertz CT molecular complexity index is 500. The van der Waals surface area contributed by atoms with Gasteiger partial charge < -0.3 is 9.42 Å². The van der Waals surface area contributed by atoms with Crippen molar-refractivity contribution in [2.75, 3.05) is 13.1 Å². The van der Waals surface area contributed by atoms with Crippen molar-refractivity contribution < 1.29 is 9.32 Å². The Morgan fingerprint density at radius 1 is 1.13 bits per heavy atom. The third-order valence-electron chi connectivity index (χ3n) is 6.51. The SMILES string of the molecule is O=C(CC(C1CCC1)C1CCC1)N1CCC(c2ncon2)CC1. The summed E-state index contributed by atoms with van der Waals surface area (Å²) in [5.41, 5.74) is 0. The van der Waals surface area contributed by atoms with E-state index in [4.69, 9.17) is 4.52 Å². The molecule has 1 aliphatic heterocycles. The molecular weight excluding hydrogens is 290 g/mol. The predicted octanol–water partition coefficient (Wildman–Crippen LogP) is 3.38. The van der Waals surface area contributed by atoms with E-state index < -0.39 is 0 Å². The van der Waals surface area contributed by atoms with Gasteiger partial charge in [-0.1, -0.05) is 43.7 Å². The summed E-state index contributed by atoms with van der Waals surface area (Å²) in [6, 6.07) is 0. The van der Waals surface area contributed by atoms with Crippen molar-refractivity contribution in [1.29, 1.82) is 0 Å². The number of rotatable bonds is 5. The molecule has 2 heterocycles. The normalized spacial score (nSPS) is 23.8. The summed E-state index contributed by atoms with van der Waals surface area (Å²) in [6.45, 7) is 1.69. The van der Waals surface area contributed by atoms with E-state index in [1.807, 2.05) is 0 Å². The van der Waals surface area contributed by atoms with Crippen LogP contribution in [0.5, 0.6) is 0 Å². The zero-order valence-corrected chi connectivity index (χ0v) is 13.8. The van der Waals surface area contributed by atoms with E-state index in [-0.39, 0.29) is 0 Å². The highest BCUT2D eigenvalue weighted by Crippen LogP contribution is 2.46. The first-order valence-electron chi connectivity index (χ1n) is 9.35. The Morgan fingerprint density at radius 3 is 2.26 bits per heavy atom. The average molecular weight is 317 g/mol. The molecule has 3 aliphatic rings. The van der Waals surface area contributed by atoms with Gasteiger partial charge >= 0.3 is 0 Å². The van der Waals surface area contributed by atoms with Crippen LogP contribution in [0.1, 0.15) is 69.5 Å². The maximum atomic E-state index is 12.8. The van der Waals surface area contributed by atoms with Crippen LogP contribution < -0.4 is 0 Å². The number of hydrogen-bond acceptors (Lipinski definition) is 4. The second-order valence-electron chi connectivity index (χ2n) is 7.69. The Hall–Kier alpha value is -1.39. The monoisotopic (exact) mass is 317 g/mol. The van der Waals surface area contributed by atoms with Gasteiger partial charge in [-0.3, -0.25) is 4.79 Å². The second-order valence-corrected chi connectivity index (χ2v) is 7.69. The van der Waals surface area contributed by atoms with Crippen LogP contribution >= 0.6 is 0 Å². The molecule has 0 unspecified atom stereocenters. The van der Waals surface area contributed by atoms with Gasteiger partial charge in [-0.25, -0.2) is 0 Å². The molecule has 3 fully saturated rings. The Labute approximate surface area is 137 Å². The van der Waals surface area contributed by atoms with E-state index in [0.717, 1.165) is 50.0 Å². The molecule has 1 aromatic rings. The first-order chi connectivity index (χ1) is 11.3. The van der Waals surface area contributed by atoms with Crippen LogP contribution in [-0.2, 0) is 4.79 Å². The summed E-state index contributed by atoms with van der Waals surface area (Å²) in [6.07, 6.45) is 12.3. The molecule has 1 saturated heterocycles. The molecular formula is C18H27N3O2. The van der Waals surface area contributed by atoms with Gasteiger partial charge in [0.05, 0.1) is 0 Å². The van der Waals surface area contributed by atoms with Gasteiger partial charge in [0.2, 0.25) is 12.3 Å². The summed E-state index contributed by atoms with van der Waals surface area (Å²) in [5, 5.41) is 3.95. The van der Waals surface area contributed by atoms with Crippen LogP contribution in [0.15, 0.2) is 10.9 Å². The Balaban J connectivity index is 1.30. The molecule has 1 aromatic heterocycles. The van der Waals surface area contributed by atoms with Crippen LogP contribution in [0.2, 0.25) is 0 Å². The number of hydrogen-bond donors (Lipinski definition) is 0. The third kappa shape index (κ3) is 3.15. The van der Waals surface area contributed by atoms with Crippen molar-refractivity contribution in [2.24, 2.45) is 17.8 Å². The topological polar surface area (TPSA) is 59.2 Å². The first kappa shape index (κ1) is 15.2. The molecule has 0 bridgehead atoms. The summed E-state index contributed by atoms with van der Waals surface area (Å²) >= 11 is 0. The van der Waals surface area contributed by atoms with Crippen molar-refractivity contribution in [1.82, 2.24) is 15.0 Å². The molecule has 2 aliphatic carbocycles. The second kappa shape index (κ2) is 6.62. The van der Waals surface area contributed by atoms with Gasteiger partial charge in [-0.2, -0.15) is 4.98 Å². The van der Waals surface area contributed by atoms with Crippen LogP contribution in [0.25, 0.3) is 0 Å². The van der Waals surface area contributed by atoms with Crippen LogP contribution in [0.3, 0.4) is 0 Å². The molecule has 0 aromatic carbocycles. The standard InChI is InChI=1S/C18H27N3O2/c22-17(11-16(13-3-1-4-13)14-5-2-6-14)21-9-7-15(8-10-21)18-19-12-23-20-18/h12-16H,1-11H2. The number of carbonyl (C=O) groups excluding carboxylic acids is 1. The maximum absolute atomic E-state index is 12.8. The molecule has 2 saturated carbocycles. The van der Waals surface area contributed by atoms with Crippen LogP contribution in [-0.4, -0.2) is 34.0 Å². The van der Waals surface area contributed by atoms with E-state index in [1.165, 1.54) is 44.9 Å². The highest BCUT2D eigenvalue weighted by atomic mass is 16.5. The maximum Gasteiger partial charge on any atom is 0.222 e. The van der Waals surface area contributed by atoms with E-state index in [2.05, 4.69) is 15.0 Å². The van der Waals surface area contributed by atoms with Gasteiger partial charge in [0.15, 0.2) is 5.82 Å². The van der Waals surface area contributed by atoms with Gasteiger partial charge in [0, 0.05) is 25.4 Å². The van der Waals surface area contributed by atoms with Crippen molar-refractivity contribution in [2.45, 2.75) is 63.7 Å². The van der Waals surface area contributed by atoms with E-state index in [9.17, 15) is 4.79 Å². The Kier molecular flexibility index (Phi) is 4.36. The van der Waals surface area contributed by atoms with Gasteiger partial charge in [-0.05, 0) is 30.6 Å². The van der Waals surface area contributed by atoms with Crippen molar-refractivity contribution >= 4 is 5.91 Å².